The highest BCUT2D eigenvalue weighted by molar-refractivity contribution is 5.56. The monoisotopic (exact) mass is 220 g/mol. The normalized spacial score (nSPS) is 17.1. The quantitative estimate of drug-likeness (QED) is 0.818. The van der Waals surface area contributed by atoms with Crippen molar-refractivity contribution in [3.05, 3.63) is 24.3 Å². The lowest BCUT2D eigenvalue weighted by atomic mass is 10.0. The molecule has 0 atom stereocenters. The smallest absolute Gasteiger partial charge is 0.0469 e. The highest BCUT2D eigenvalue weighted by atomic mass is 16.5. The molecule has 1 aromatic carbocycles. The lowest BCUT2D eigenvalue weighted by molar-refractivity contribution is 0.0699. The van der Waals surface area contributed by atoms with Gasteiger partial charge < -0.3 is 15.4 Å². The van der Waals surface area contributed by atoms with Gasteiger partial charge in [-0.25, -0.2) is 0 Å². The summed E-state index contributed by atoms with van der Waals surface area (Å²) in [6, 6.07) is 8.39. The van der Waals surface area contributed by atoms with E-state index in [1.165, 1.54) is 18.5 Å². The third kappa shape index (κ3) is 3.14. The summed E-state index contributed by atoms with van der Waals surface area (Å²) in [5.74, 6) is 0.756. The van der Waals surface area contributed by atoms with Crippen molar-refractivity contribution < 1.29 is 4.74 Å². The highest BCUT2D eigenvalue weighted by Crippen LogP contribution is 2.18. The first-order valence-electron chi connectivity index (χ1n) is 5.98. The van der Waals surface area contributed by atoms with Crippen LogP contribution in [0.3, 0.4) is 0 Å². The molecule has 0 aromatic heterocycles. The fraction of sp³-hybridized carbons (Fsp3) is 0.538. The van der Waals surface area contributed by atoms with Gasteiger partial charge in [0.25, 0.3) is 0 Å². The molecule has 2 N–H and O–H groups in total. The molecule has 16 heavy (non-hydrogen) atoms. The van der Waals surface area contributed by atoms with Gasteiger partial charge >= 0.3 is 0 Å². The van der Waals surface area contributed by atoms with Crippen LogP contribution in [0.15, 0.2) is 24.3 Å². The number of hydrogen-bond acceptors (Lipinski definition) is 3. The van der Waals surface area contributed by atoms with Crippen LogP contribution in [0.4, 0.5) is 11.4 Å². The molecule has 0 radical (unpaired) electrons. The second-order valence-corrected chi connectivity index (χ2v) is 4.27. The van der Waals surface area contributed by atoms with E-state index in [1.807, 2.05) is 7.05 Å². The largest absolute Gasteiger partial charge is 0.388 e. The van der Waals surface area contributed by atoms with Gasteiger partial charge in [-0.3, -0.25) is 0 Å². The molecule has 3 nitrogen and oxygen atoms in total. The summed E-state index contributed by atoms with van der Waals surface area (Å²) in [5, 5.41) is 6.64. The Morgan fingerprint density at radius 3 is 2.75 bits per heavy atom. The van der Waals surface area contributed by atoms with Gasteiger partial charge in [-0.15, -0.1) is 0 Å². The molecule has 0 saturated carbocycles. The molecule has 1 saturated heterocycles. The first-order valence-corrected chi connectivity index (χ1v) is 5.98. The maximum absolute atomic E-state index is 5.35. The number of rotatable bonds is 4. The predicted molar refractivity (Wildman–Crippen MR) is 68.0 cm³/mol. The molecule has 1 aliphatic heterocycles. The standard InChI is InChI=1S/C13H20N2O/c1-14-12-3-2-4-13(9-12)15-10-11-5-7-16-8-6-11/h2-4,9,11,14-15H,5-8,10H2,1H3. The summed E-state index contributed by atoms with van der Waals surface area (Å²) in [5.41, 5.74) is 2.34. The summed E-state index contributed by atoms with van der Waals surface area (Å²) in [6.07, 6.45) is 2.36. The van der Waals surface area contributed by atoms with Crippen molar-refractivity contribution in [1.29, 1.82) is 0 Å². The van der Waals surface area contributed by atoms with E-state index in [0.717, 1.165) is 31.4 Å². The van der Waals surface area contributed by atoms with Crippen molar-refractivity contribution in [3.63, 3.8) is 0 Å². The Bertz CT molecular complexity index is 321. The lowest BCUT2D eigenvalue weighted by Crippen LogP contribution is -2.22. The van der Waals surface area contributed by atoms with E-state index in [4.69, 9.17) is 4.74 Å². The number of hydrogen-bond donors (Lipinski definition) is 2. The molecule has 1 heterocycles. The van der Waals surface area contributed by atoms with E-state index in [1.54, 1.807) is 0 Å². The van der Waals surface area contributed by atoms with Crippen LogP contribution in [0.1, 0.15) is 12.8 Å². The molecule has 1 aliphatic rings. The summed E-state index contributed by atoms with van der Waals surface area (Å²) in [7, 11) is 1.94. The van der Waals surface area contributed by atoms with Gasteiger partial charge in [0.2, 0.25) is 0 Å². The second-order valence-electron chi connectivity index (χ2n) is 4.27. The van der Waals surface area contributed by atoms with E-state index in [-0.39, 0.29) is 0 Å². The van der Waals surface area contributed by atoms with Gasteiger partial charge in [-0.1, -0.05) is 6.07 Å². The van der Waals surface area contributed by atoms with Crippen molar-refractivity contribution in [2.45, 2.75) is 12.8 Å². The first-order chi connectivity index (χ1) is 7.88. The zero-order chi connectivity index (χ0) is 11.2. The van der Waals surface area contributed by atoms with E-state index >= 15 is 0 Å². The Kier molecular flexibility index (Phi) is 4.05. The van der Waals surface area contributed by atoms with Crippen LogP contribution >= 0.6 is 0 Å². The molecule has 3 heteroatoms. The molecule has 0 aliphatic carbocycles. The van der Waals surface area contributed by atoms with Gasteiger partial charge in [0.1, 0.15) is 0 Å². The molecule has 0 unspecified atom stereocenters. The zero-order valence-electron chi connectivity index (χ0n) is 9.83. The predicted octanol–water partition coefficient (Wildman–Crippen LogP) is 2.57. The van der Waals surface area contributed by atoms with Crippen molar-refractivity contribution >= 4 is 11.4 Å². The minimum Gasteiger partial charge on any atom is -0.388 e. The topological polar surface area (TPSA) is 33.3 Å². The lowest BCUT2D eigenvalue weighted by Gasteiger charge is -2.22. The molecule has 88 valence electrons. The number of anilines is 2. The summed E-state index contributed by atoms with van der Waals surface area (Å²) < 4.78 is 5.35. The molecular formula is C13H20N2O. The average molecular weight is 220 g/mol. The van der Waals surface area contributed by atoms with Gasteiger partial charge in [0.05, 0.1) is 0 Å². The van der Waals surface area contributed by atoms with Crippen LogP contribution in [0.5, 0.6) is 0 Å². The van der Waals surface area contributed by atoms with Crippen LogP contribution in [0, 0.1) is 5.92 Å². The van der Waals surface area contributed by atoms with Crippen molar-refractivity contribution in [1.82, 2.24) is 0 Å². The van der Waals surface area contributed by atoms with Gasteiger partial charge in [0, 0.05) is 38.2 Å². The molecule has 0 bridgehead atoms. The Hall–Kier alpha value is -1.22. The van der Waals surface area contributed by atoms with Crippen molar-refractivity contribution in [2.75, 3.05) is 37.4 Å². The maximum Gasteiger partial charge on any atom is 0.0469 e. The van der Waals surface area contributed by atoms with Gasteiger partial charge in [-0.05, 0) is 37.0 Å². The Morgan fingerprint density at radius 1 is 1.25 bits per heavy atom. The number of ether oxygens (including phenoxy) is 1. The molecule has 0 spiro atoms. The Morgan fingerprint density at radius 2 is 2.00 bits per heavy atom. The number of nitrogens with one attached hydrogen (secondary N) is 2. The SMILES string of the molecule is CNc1cccc(NCC2CCOCC2)c1. The fourth-order valence-electron chi connectivity index (χ4n) is 2.00. The minimum absolute atomic E-state index is 0.756. The summed E-state index contributed by atoms with van der Waals surface area (Å²) in [4.78, 5) is 0. The minimum atomic E-state index is 0.756. The van der Waals surface area contributed by atoms with Crippen LogP contribution < -0.4 is 10.6 Å². The Balaban J connectivity index is 1.83. The maximum atomic E-state index is 5.35. The van der Waals surface area contributed by atoms with Crippen LogP contribution in [-0.4, -0.2) is 26.8 Å². The van der Waals surface area contributed by atoms with Crippen LogP contribution in [-0.2, 0) is 4.74 Å². The van der Waals surface area contributed by atoms with E-state index < -0.39 is 0 Å². The molecule has 0 amide bonds. The fourth-order valence-corrected chi connectivity index (χ4v) is 2.00. The van der Waals surface area contributed by atoms with E-state index in [2.05, 4.69) is 34.9 Å². The Labute approximate surface area is 97.2 Å². The summed E-state index contributed by atoms with van der Waals surface area (Å²) >= 11 is 0. The summed E-state index contributed by atoms with van der Waals surface area (Å²) in [6.45, 7) is 2.89. The average Bonchev–Trinajstić information content (AvgIpc) is 2.38. The first kappa shape index (κ1) is 11.3. The second kappa shape index (κ2) is 5.75. The number of benzene rings is 1. The van der Waals surface area contributed by atoms with Gasteiger partial charge in [0.15, 0.2) is 0 Å². The van der Waals surface area contributed by atoms with Crippen molar-refractivity contribution in [2.24, 2.45) is 5.92 Å². The van der Waals surface area contributed by atoms with E-state index in [9.17, 15) is 0 Å². The third-order valence-corrected chi connectivity index (χ3v) is 3.09. The third-order valence-electron chi connectivity index (χ3n) is 3.09. The molecule has 2 rings (SSSR count). The van der Waals surface area contributed by atoms with Crippen LogP contribution in [0.25, 0.3) is 0 Å². The van der Waals surface area contributed by atoms with Crippen molar-refractivity contribution in [3.8, 4) is 0 Å². The zero-order valence-corrected chi connectivity index (χ0v) is 9.83. The molecular weight excluding hydrogens is 200 g/mol. The molecule has 1 aromatic rings. The van der Waals surface area contributed by atoms with Crippen LogP contribution in [0.2, 0.25) is 0 Å². The highest BCUT2D eigenvalue weighted by Gasteiger charge is 2.12. The van der Waals surface area contributed by atoms with Gasteiger partial charge in [-0.2, -0.15) is 0 Å². The molecule has 1 fully saturated rings. The van der Waals surface area contributed by atoms with E-state index in [0.29, 0.717) is 0 Å².